The summed E-state index contributed by atoms with van der Waals surface area (Å²) in [5, 5.41) is 12.3. The van der Waals surface area contributed by atoms with E-state index >= 15 is 0 Å². The molecule has 1 aromatic carbocycles. The van der Waals surface area contributed by atoms with Crippen LogP contribution in [-0.2, 0) is 13.1 Å². The van der Waals surface area contributed by atoms with Gasteiger partial charge in [0.25, 0.3) is 0 Å². The number of benzene rings is 1. The molecule has 4 rings (SSSR count). The van der Waals surface area contributed by atoms with E-state index in [-0.39, 0.29) is 0 Å². The van der Waals surface area contributed by atoms with Crippen molar-refractivity contribution in [1.82, 2.24) is 24.8 Å². The summed E-state index contributed by atoms with van der Waals surface area (Å²) in [4.78, 5) is 2.56. The van der Waals surface area contributed by atoms with Gasteiger partial charge in [0.15, 0.2) is 11.5 Å². The summed E-state index contributed by atoms with van der Waals surface area (Å²) in [6.07, 6.45) is 3.24. The van der Waals surface area contributed by atoms with E-state index in [9.17, 15) is 0 Å². The van der Waals surface area contributed by atoms with Gasteiger partial charge in [0.05, 0.1) is 6.54 Å². The molecule has 0 amide bonds. The highest BCUT2D eigenvalue weighted by molar-refractivity contribution is 5.36. The van der Waals surface area contributed by atoms with E-state index in [0.29, 0.717) is 12.0 Å². The second-order valence-electron chi connectivity index (χ2n) is 7.14. The van der Waals surface area contributed by atoms with Crippen LogP contribution >= 0.6 is 0 Å². The molecule has 25 heavy (non-hydrogen) atoms. The summed E-state index contributed by atoms with van der Waals surface area (Å²) in [5.74, 6) is 1.67. The van der Waals surface area contributed by atoms with Gasteiger partial charge in [-0.3, -0.25) is 9.30 Å². The van der Waals surface area contributed by atoms with Crippen molar-refractivity contribution in [1.29, 1.82) is 0 Å². The fourth-order valence-electron chi connectivity index (χ4n) is 3.83. The van der Waals surface area contributed by atoms with Crippen molar-refractivity contribution in [3.05, 3.63) is 66.1 Å². The molecule has 2 atom stereocenters. The monoisotopic (exact) mass is 335 g/mol. The molecule has 1 fully saturated rings. The zero-order valence-electron chi connectivity index (χ0n) is 14.7. The Morgan fingerprint density at radius 2 is 1.88 bits per heavy atom. The molecule has 0 radical (unpaired) electrons. The van der Waals surface area contributed by atoms with Crippen molar-refractivity contribution < 1.29 is 0 Å². The molecule has 0 aliphatic carbocycles. The van der Waals surface area contributed by atoms with Gasteiger partial charge in [-0.05, 0) is 30.0 Å². The number of piperidine rings is 1. The Morgan fingerprint density at radius 1 is 1.04 bits per heavy atom. The number of rotatable bonds is 5. The standard InChI is InChI=1S/C20H25N5/c1-16-11-18(15-24(13-16)14-17-7-3-2-4-8-17)21-12-20-23-22-19-9-5-6-10-25(19)20/h2-10,16,18,21H,11-15H2,1H3/t16-,18-/m1/s1. The molecule has 0 unspecified atom stereocenters. The van der Waals surface area contributed by atoms with Crippen LogP contribution in [0.4, 0.5) is 0 Å². The van der Waals surface area contributed by atoms with E-state index in [2.05, 4.69) is 62.1 Å². The van der Waals surface area contributed by atoms with Crippen LogP contribution in [0.5, 0.6) is 0 Å². The average Bonchev–Trinajstić information content (AvgIpc) is 3.04. The van der Waals surface area contributed by atoms with Crippen LogP contribution in [0.3, 0.4) is 0 Å². The van der Waals surface area contributed by atoms with E-state index in [1.807, 2.05) is 24.4 Å². The smallest absolute Gasteiger partial charge is 0.160 e. The van der Waals surface area contributed by atoms with Gasteiger partial charge in [0, 0.05) is 31.9 Å². The molecule has 0 spiro atoms. The van der Waals surface area contributed by atoms with Crippen LogP contribution in [0.15, 0.2) is 54.7 Å². The van der Waals surface area contributed by atoms with Gasteiger partial charge in [-0.25, -0.2) is 0 Å². The van der Waals surface area contributed by atoms with Crippen LogP contribution in [0.25, 0.3) is 5.65 Å². The zero-order valence-corrected chi connectivity index (χ0v) is 14.7. The lowest BCUT2D eigenvalue weighted by Gasteiger charge is -2.37. The van der Waals surface area contributed by atoms with E-state index < -0.39 is 0 Å². The number of nitrogens with zero attached hydrogens (tertiary/aromatic N) is 4. The maximum atomic E-state index is 4.32. The second kappa shape index (κ2) is 7.33. The molecular weight excluding hydrogens is 310 g/mol. The molecule has 1 aliphatic rings. The third-order valence-corrected chi connectivity index (χ3v) is 4.92. The maximum Gasteiger partial charge on any atom is 0.160 e. The lowest BCUT2D eigenvalue weighted by Crippen LogP contribution is -2.48. The summed E-state index contributed by atoms with van der Waals surface area (Å²) in [7, 11) is 0. The topological polar surface area (TPSA) is 45.5 Å². The number of hydrogen-bond donors (Lipinski definition) is 1. The Kier molecular flexibility index (Phi) is 4.76. The third-order valence-electron chi connectivity index (χ3n) is 4.92. The molecule has 130 valence electrons. The minimum atomic E-state index is 0.489. The molecular formula is C20H25N5. The predicted molar refractivity (Wildman–Crippen MR) is 99.1 cm³/mol. The first-order valence-corrected chi connectivity index (χ1v) is 9.06. The first-order valence-electron chi connectivity index (χ1n) is 9.06. The first kappa shape index (κ1) is 16.2. The van der Waals surface area contributed by atoms with Gasteiger partial charge in [-0.2, -0.15) is 0 Å². The Hall–Kier alpha value is -2.24. The molecule has 1 N–H and O–H groups in total. The predicted octanol–water partition coefficient (Wildman–Crippen LogP) is 2.73. The molecule has 3 aromatic rings. The summed E-state index contributed by atoms with van der Waals surface area (Å²) in [5.41, 5.74) is 2.29. The molecule has 0 saturated carbocycles. The van der Waals surface area contributed by atoms with Crippen LogP contribution < -0.4 is 5.32 Å². The highest BCUT2D eigenvalue weighted by Gasteiger charge is 2.24. The summed E-state index contributed by atoms with van der Waals surface area (Å²) >= 11 is 0. The van der Waals surface area contributed by atoms with Crippen LogP contribution in [0.1, 0.15) is 24.7 Å². The summed E-state index contributed by atoms with van der Waals surface area (Å²) in [6, 6.07) is 17.2. The Balaban J connectivity index is 1.38. The van der Waals surface area contributed by atoms with Gasteiger partial charge >= 0.3 is 0 Å². The van der Waals surface area contributed by atoms with Crippen molar-refractivity contribution in [2.24, 2.45) is 5.92 Å². The van der Waals surface area contributed by atoms with Crippen LogP contribution in [0, 0.1) is 5.92 Å². The van der Waals surface area contributed by atoms with E-state index in [1.54, 1.807) is 0 Å². The van der Waals surface area contributed by atoms with E-state index in [4.69, 9.17) is 0 Å². The largest absolute Gasteiger partial charge is 0.306 e. The molecule has 1 saturated heterocycles. The summed E-state index contributed by atoms with van der Waals surface area (Å²) in [6.45, 7) is 6.37. The van der Waals surface area contributed by atoms with Crippen molar-refractivity contribution in [2.75, 3.05) is 13.1 Å². The normalized spacial score (nSPS) is 21.6. The van der Waals surface area contributed by atoms with Crippen LogP contribution in [-0.4, -0.2) is 38.6 Å². The average molecular weight is 335 g/mol. The van der Waals surface area contributed by atoms with Gasteiger partial charge in [-0.15, -0.1) is 10.2 Å². The lowest BCUT2D eigenvalue weighted by atomic mass is 9.95. The number of pyridine rings is 1. The number of aromatic nitrogens is 3. The zero-order chi connectivity index (χ0) is 17.1. The first-order chi connectivity index (χ1) is 12.3. The minimum Gasteiger partial charge on any atom is -0.306 e. The summed E-state index contributed by atoms with van der Waals surface area (Å²) < 4.78 is 2.06. The fourth-order valence-corrected chi connectivity index (χ4v) is 3.83. The Morgan fingerprint density at radius 3 is 2.76 bits per heavy atom. The quantitative estimate of drug-likeness (QED) is 0.779. The van der Waals surface area contributed by atoms with E-state index in [1.165, 1.54) is 18.5 Å². The van der Waals surface area contributed by atoms with Crippen molar-refractivity contribution in [3.63, 3.8) is 0 Å². The number of fused-ring (bicyclic) bond motifs is 1. The van der Waals surface area contributed by atoms with Crippen molar-refractivity contribution >= 4 is 5.65 Å². The maximum absolute atomic E-state index is 4.32. The van der Waals surface area contributed by atoms with Gasteiger partial charge < -0.3 is 5.32 Å². The van der Waals surface area contributed by atoms with E-state index in [0.717, 1.165) is 31.1 Å². The highest BCUT2D eigenvalue weighted by atomic mass is 15.3. The molecule has 1 aliphatic heterocycles. The lowest BCUT2D eigenvalue weighted by molar-refractivity contribution is 0.141. The molecule has 0 bridgehead atoms. The van der Waals surface area contributed by atoms with Gasteiger partial charge in [0.2, 0.25) is 0 Å². The molecule has 5 heteroatoms. The SMILES string of the molecule is C[C@@H]1C[C@@H](NCc2nnc3ccccn23)CN(Cc2ccccc2)C1. The second-order valence-corrected chi connectivity index (χ2v) is 7.14. The third kappa shape index (κ3) is 3.89. The highest BCUT2D eigenvalue weighted by Crippen LogP contribution is 2.19. The molecule has 5 nitrogen and oxygen atoms in total. The van der Waals surface area contributed by atoms with Crippen LogP contribution in [0.2, 0.25) is 0 Å². The number of nitrogens with one attached hydrogen (secondary N) is 1. The number of hydrogen-bond acceptors (Lipinski definition) is 4. The molecule has 2 aromatic heterocycles. The molecule has 3 heterocycles. The Bertz CT molecular complexity index is 813. The van der Waals surface area contributed by atoms with Crippen molar-refractivity contribution in [2.45, 2.75) is 32.5 Å². The fraction of sp³-hybridized carbons (Fsp3) is 0.400. The Labute approximate surface area is 148 Å². The van der Waals surface area contributed by atoms with Gasteiger partial charge in [0.1, 0.15) is 0 Å². The number of likely N-dealkylation sites (tertiary alicyclic amines) is 1. The van der Waals surface area contributed by atoms with Crippen molar-refractivity contribution in [3.8, 4) is 0 Å². The minimum absolute atomic E-state index is 0.489. The van der Waals surface area contributed by atoms with Gasteiger partial charge in [-0.1, -0.05) is 43.3 Å².